The zero-order valence-corrected chi connectivity index (χ0v) is 21.7. The minimum absolute atomic E-state index is 0.106. The molecule has 2 fully saturated rings. The van der Waals surface area contributed by atoms with Gasteiger partial charge >= 0.3 is 12.0 Å². The van der Waals surface area contributed by atoms with Gasteiger partial charge in [-0.3, -0.25) is 19.8 Å². The lowest BCUT2D eigenvalue weighted by molar-refractivity contribution is -0.132. The van der Waals surface area contributed by atoms with E-state index in [1.165, 1.54) is 30.2 Å². The first-order valence-corrected chi connectivity index (χ1v) is 12.6. The number of nitrogens with zero attached hydrogens (tertiary/aromatic N) is 1. The number of carbonyl (C=O) groups is 4. The van der Waals surface area contributed by atoms with E-state index in [4.69, 9.17) is 14.6 Å². The number of barbiturate groups is 1. The number of amides is 4. The van der Waals surface area contributed by atoms with Gasteiger partial charge in [0, 0.05) is 6.04 Å². The Morgan fingerprint density at radius 1 is 1.14 bits per heavy atom. The van der Waals surface area contributed by atoms with Crippen LogP contribution in [0.15, 0.2) is 42.0 Å². The number of hydrogen-bond donors (Lipinski definition) is 2. The van der Waals surface area contributed by atoms with Crippen LogP contribution in [0.25, 0.3) is 6.08 Å². The summed E-state index contributed by atoms with van der Waals surface area (Å²) in [6, 6.07) is 8.89. The first-order valence-electron chi connectivity index (χ1n) is 11.5. The highest BCUT2D eigenvalue weighted by Crippen LogP contribution is 2.36. The highest BCUT2D eigenvalue weighted by Gasteiger charge is 2.40. The molecule has 0 atom stereocenters. The summed E-state index contributed by atoms with van der Waals surface area (Å²) in [4.78, 5) is 50.3. The summed E-state index contributed by atoms with van der Waals surface area (Å²) in [6.07, 6.45) is 5.88. The molecule has 2 aromatic carbocycles. The summed E-state index contributed by atoms with van der Waals surface area (Å²) in [5, 5.41) is 11.3. The van der Waals surface area contributed by atoms with Gasteiger partial charge in [0.25, 0.3) is 11.8 Å². The summed E-state index contributed by atoms with van der Waals surface area (Å²) < 4.78 is 12.1. The molecular weight excluding hydrogens is 579 g/mol. The van der Waals surface area contributed by atoms with Crippen molar-refractivity contribution in [2.45, 2.75) is 44.8 Å². The standard InChI is InChI=1S/C26H25IN2O7/c1-35-21-13-16(12-20(27)22(21)36-14-15-7-9-17(10-8-15)25(32)33)11-19-23(30)28-26(34)29(24(19)31)18-5-3-2-4-6-18/h7-13,18H,2-6,14H2,1H3,(H,32,33)(H,28,30,34). The number of urea groups is 1. The Morgan fingerprint density at radius 3 is 2.47 bits per heavy atom. The highest BCUT2D eigenvalue weighted by molar-refractivity contribution is 14.1. The Morgan fingerprint density at radius 2 is 1.83 bits per heavy atom. The molecule has 1 saturated heterocycles. The normalized spacial score (nSPS) is 17.8. The SMILES string of the molecule is COc1cc(C=C2C(=O)NC(=O)N(C3CCCCC3)C2=O)cc(I)c1OCc1ccc(C(=O)O)cc1. The third-order valence-electron chi connectivity index (χ3n) is 6.22. The summed E-state index contributed by atoms with van der Waals surface area (Å²) in [5.41, 5.74) is 1.41. The molecule has 2 N–H and O–H groups in total. The van der Waals surface area contributed by atoms with E-state index in [1.54, 1.807) is 24.3 Å². The van der Waals surface area contributed by atoms with E-state index in [-0.39, 0.29) is 23.8 Å². The molecular formula is C26H25IN2O7. The van der Waals surface area contributed by atoms with Crippen LogP contribution in [0.5, 0.6) is 11.5 Å². The number of benzene rings is 2. The number of nitrogens with one attached hydrogen (secondary N) is 1. The van der Waals surface area contributed by atoms with E-state index in [0.717, 1.165) is 37.7 Å². The number of methoxy groups -OCH3 is 1. The van der Waals surface area contributed by atoms with Crippen molar-refractivity contribution in [3.05, 3.63) is 62.2 Å². The van der Waals surface area contributed by atoms with E-state index < -0.39 is 23.8 Å². The number of halogens is 1. The van der Waals surface area contributed by atoms with Gasteiger partial charge in [-0.1, -0.05) is 31.4 Å². The van der Waals surface area contributed by atoms with Crippen molar-refractivity contribution in [1.29, 1.82) is 0 Å². The molecule has 0 bridgehead atoms. The fraction of sp³-hybridized carbons (Fsp3) is 0.308. The second-order valence-electron chi connectivity index (χ2n) is 8.61. The molecule has 1 saturated carbocycles. The maximum Gasteiger partial charge on any atom is 0.335 e. The maximum atomic E-state index is 13.2. The van der Waals surface area contributed by atoms with Crippen LogP contribution in [-0.2, 0) is 16.2 Å². The number of hydrogen-bond acceptors (Lipinski definition) is 6. The first-order chi connectivity index (χ1) is 17.3. The van der Waals surface area contributed by atoms with E-state index in [1.807, 2.05) is 0 Å². The van der Waals surface area contributed by atoms with Crippen LogP contribution in [0.4, 0.5) is 4.79 Å². The van der Waals surface area contributed by atoms with E-state index in [2.05, 4.69) is 27.9 Å². The molecule has 4 rings (SSSR count). The van der Waals surface area contributed by atoms with Crippen molar-refractivity contribution in [1.82, 2.24) is 10.2 Å². The lowest BCUT2D eigenvalue weighted by Crippen LogP contribution is -2.58. The smallest absolute Gasteiger partial charge is 0.335 e. The van der Waals surface area contributed by atoms with Crippen molar-refractivity contribution in [2.24, 2.45) is 0 Å². The molecule has 4 amide bonds. The molecule has 0 spiro atoms. The second kappa shape index (κ2) is 11.1. The molecule has 10 heteroatoms. The van der Waals surface area contributed by atoms with E-state index in [0.29, 0.717) is 20.6 Å². The quantitative estimate of drug-likeness (QED) is 0.274. The fourth-order valence-electron chi connectivity index (χ4n) is 4.37. The van der Waals surface area contributed by atoms with E-state index in [9.17, 15) is 19.2 Å². The fourth-order valence-corrected chi connectivity index (χ4v) is 5.15. The average molecular weight is 604 g/mol. The molecule has 1 aliphatic heterocycles. The first kappa shape index (κ1) is 25.7. The summed E-state index contributed by atoms with van der Waals surface area (Å²) in [7, 11) is 1.48. The Kier molecular flexibility index (Phi) is 7.92. The molecule has 1 heterocycles. The van der Waals surface area contributed by atoms with Crippen molar-refractivity contribution in [3.63, 3.8) is 0 Å². The molecule has 0 unspecified atom stereocenters. The third-order valence-corrected chi connectivity index (χ3v) is 7.02. The molecule has 0 aromatic heterocycles. The van der Waals surface area contributed by atoms with Crippen LogP contribution in [0.3, 0.4) is 0 Å². The van der Waals surface area contributed by atoms with Crippen LogP contribution in [0.1, 0.15) is 53.6 Å². The van der Waals surface area contributed by atoms with Crippen LogP contribution in [0.2, 0.25) is 0 Å². The zero-order chi connectivity index (χ0) is 25.8. The van der Waals surface area contributed by atoms with Crippen LogP contribution < -0.4 is 14.8 Å². The summed E-state index contributed by atoms with van der Waals surface area (Å²) in [5.74, 6) is -1.44. The second-order valence-corrected chi connectivity index (χ2v) is 9.77. The Labute approximate surface area is 221 Å². The van der Waals surface area contributed by atoms with Crippen molar-refractivity contribution < 1.29 is 33.8 Å². The number of carboxylic acids is 1. The van der Waals surface area contributed by atoms with Gasteiger partial charge in [0.15, 0.2) is 11.5 Å². The lowest BCUT2D eigenvalue weighted by Gasteiger charge is -2.35. The highest BCUT2D eigenvalue weighted by atomic mass is 127. The van der Waals surface area contributed by atoms with Crippen LogP contribution >= 0.6 is 22.6 Å². The van der Waals surface area contributed by atoms with Crippen molar-refractivity contribution in [3.8, 4) is 11.5 Å². The number of rotatable bonds is 7. The van der Waals surface area contributed by atoms with Gasteiger partial charge < -0.3 is 14.6 Å². The Bertz CT molecular complexity index is 1230. The maximum absolute atomic E-state index is 13.2. The van der Waals surface area contributed by atoms with Gasteiger partial charge in [0.1, 0.15) is 12.2 Å². The minimum Gasteiger partial charge on any atom is -0.493 e. The monoisotopic (exact) mass is 604 g/mol. The molecule has 9 nitrogen and oxygen atoms in total. The minimum atomic E-state index is -1.00. The summed E-state index contributed by atoms with van der Waals surface area (Å²) >= 11 is 2.08. The molecule has 2 aliphatic rings. The largest absolute Gasteiger partial charge is 0.493 e. The third kappa shape index (κ3) is 5.53. The molecule has 0 radical (unpaired) electrons. The van der Waals surface area contributed by atoms with Gasteiger partial charge in [0.2, 0.25) is 0 Å². The average Bonchev–Trinajstić information content (AvgIpc) is 2.86. The van der Waals surface area contributed by atoms with Gasteiger partial charge in [-0.2, -0.15) is 0 Å². The summed E-state index contributed by atoms with van der Waals surface area (Å²) in [6.45, 7) is 0.187. The van der Waals surface area contributed by atoms with E-state index >= 15 is 0 Å². The Hall–Kier alpha value is -3.41. The predicted molar refractivity (Wildman–Crippen MR) is 139 cm³/mol. The number of carboxylic acid groups (broad SMARTS) is 1. The van der Waals surface area contributed by atoms with Gasteiger partial charge in [-0.15, -0.1) is 0 Å². The molecule has 188 valence electrons. The molecule has 2 aromatic rings. The van der Waals surface area contributed by atoms with Crippen molar-refractivity contribution >= 4 is 52.5 Å². The number of imide groups is 2. The predicted octanol–water partition coefficient (Wildman–Crippen LogP) is 4.37. The molecule has 1 aliphatic carbocycles. The Balaban J connectivity index is 1.56. The number of carbonyl (C=O) groups excluding carboxylic acids is 3. The van der Waals surface area contributed by atoms with Crippen LogP contribution in [-0.4, -0.2) is 47.0 Å². The topological polar surface area (TPSA) is 122 Å². The van der Waals surface area contributed by atoms with Gasteiger partial charge in [0.05, 0.1) is 16.2 Å². The number of aromatic carboxylic acids is 1. The van der Waals surface area contributed by atoms with Crippen LogP contribution in [0, 0.1) is 3.57 Å². The number of ether oxygens (including phenoxy) is 2. The van der Waals surface area contributed by atoms with Gasteiger partial charge in [-0.25, -0.2) is 9.59 Å². The molecule has 36 heavy (non-hydrogen) atoms. The lowest BCUT2D eigenvalue weighted by atomic mass is 9.93. The van der Waals surface area contributed by atoms with Gasteiger partial charge in [-0.05, 0) is 76.9 Å². The van der Waals surface area contributed by atoms with Crippen molar-refractivity contribution in [2.75, 3.05) is 7.11 Å². The zero-order valence-electron chi connectivity index (χ0n) is 19.6.